The van der Waals surface area contributed by atoms with Gasteiger partial charge in [-0.15, -0.1) is 0 Å². The molecule has 0 unspecified atom stereocenters. The van der Waals surface area contributed by atoms with Crippen LogP contribution in [0.25, 0.3) is 5.69 Å². The fraction of sp³-hybridized carbons (Fsp3) is 0.167. The van der Waals surface area contributed by atoms with Gasteiger partial charge in [0.15, 0.2) is 5.75 Å². The van der Waals surface area contributed by atoms with Crippen LogP contribution in [0.3, 0.4) is 0 Å². The van der Waals surface area contributed by atoms with E-state index in [4.69, 9.17) is 9.47 Å². The van der Waals surface area contributed by atoms with E-state index >= 15 is 0 Å². The molecule has 3 rings (SSSR count). The lowest BCUT2D eigenvalue weighted by Crippen LogP contribution is -2.26. The number of amides is 1. The number of carbonyl (C=O) groups is 1. The van der Waals surface area contributed by atoms with Crippen molar-refractivity contribution in [3.63, 3.8) is 0 Å². The summed E-state index contributed by atoms with van der Waals surface area (Å²) in [5.74, 6) is 1.17. The van der Waals surface area contributed by atoms with Crippen LogP contribution in [-0.4, -0.2) is 28.0 Å². The van der Waals surface area contributed by atoms with Gasteiger partial charge in [-0.25, -0.2) is 9.48 Å². The Hall–Kier alpha value is -3.35. The van der Waals surface area contributed by atoms with Crippen molar-refractivity contribution in [3.05, 3.63) is 66.2 Å². The molecule has 0 radical (unpaired) electrons. The number of nitrogens with one attached hydrogen (secondary N) is 1. The molecule has 1 amide bonds. The number of hydrogen-bond donors (Lipinski definition) is 1. The zero-order chi connectivity index (χ0) is 17.6. The predicted molar refractivity (Wildman–Crippen MR) is 92.0 cm³/mol. The minimum atomic E-state index is -0.541. The summed E-state index contributed by atoms with van der Waals surface area (Å²) in [6, 6.07) is 11.1. The van der Waals surface area contributed by atoms with E-state index in [1.807, 2.05) is 43.3 Å². The number of hydrogen-bond acceptors (Lipinski definition) is 5. The fourth-order valence-electron chi connectivity index (χ4n) is 2.29. The van der Waals surface area contributed by atoms with Crippen LogP contribution < -0.4 is 14.8 Å². The van der Waals surface area contributed by atoms with Crippen molar-refractivity contribution in [1.82, 2.24) is 20.1 Å². The maximum absolute atomic E-state index is 12.0. The molecule has 2 heterocycles. The van der Waals surface area contributed by atoms with E-state index < -0.39 is 6.09 Å². The molecule has 25 heavy (non-hydrogen) atoms. The lowest BCUT2D eigenvalue weighted by molar-refractivity contribution is 0.199. The van der Waals surface area contributed by atoms with Crippen molar-refractivity contribution >= 4 is 6.09 Å². The molecule has 0 bridgehead atoms. The van der Waals surface area contributed by atoms with Crippen molar-refractivity contribution in [3.8, 4) is 17.2 Å². The Morgan fingerprint density at radius 2 is 2.00 bits per heavy atom. The van der Waals surface area contributed by atoms with Crippen molar-refractivity contribution in [2.75, 3.05) is 7.11 Å². The van der Waals surface area contributed by atoms with Gasteiger partial charge in [-0.2, -0.15) is 5.10 Å². The largest absolute Gasteiger partial charge is 0.497 e. The second-order valence-electron chi connectivity index (χ2n) is 5.31. The van der Waals surface area contributed by atoms with Crippen molar-refractivity contribution in [2.45, 2.75) is 13.5 Å². The quantitative estimate of drug-likeness (QED) is 0.774. The van der Waals surface area contributed by atoms with Crippen LogP contribution in [0.1, 0.15) is 11.3 Å². The predicted octanol–water partition coefficient (Wildman–Crippen LogP) is 2.87. The van der Waals surface area contributed by atoms with Crippen LogP contribution in [0.15, 0.2) is 55.0 Å². The Kier molecular flexibility index (Phi) is 4.94. The SMILES string of the molecule is COc1ccc(-n2ncc(OC(=O)NCc3cccnc3)c2C)cc1. The molecule has 0 aliphatic rings. The monoisotopic (exact) mass is 338 g/mol. The Labute approximate surface area is 145 Å². The molecule has 0 spiro atoms. The van der Waals surface area contributed by atoms with Crippen LogP contribution in [-0.2, 0) is 6.54 Å². The van der Waals surface area contributed by atoms with E-state index in [0.717, 1.165) is 22.7 Å². The Bertz CT molecular complexity index is 845. The highest BCUT2D eigenvalue weighted by molar-refractivity contribution is 5.70. The number of ether oxygens (including phenoxy) is 2. The van der Waals surface area contributed by atoms with Crippen LogP contribution in [0.5, 0.6) is 11.5 Å². The van der Waals surface area contributed by atoms with Gasteiger partial charge in [-0.1, -0.05) is 6.07 Å². The zero-order valence-electron chi connectivity index (χ0n) is 14.0. The van der Waals surface area contributed by atoms with Gasteiger partial charge >= 0.3 is 6.09 Å². The highest BCUT2D eigenvalue weighted by Gasteiger charge is 2.13. The lowest BCUT2D eigenvalue weighted by Gasteiger charge is -2.08. The number of methoxy groups -OCH3 is 1. The molecule has 1 N–H and O–H groups in total. The third-order valence-corrected chi connectivity index (χ3v) is 3.64. The van der Waals surface area contributed by atoms with Gasteiger partial charge < -0.3 is 14.8 Å². The minimum Gasteiger partial charge on any atom is -0.497 e. The first-order valence-electron chi connectivity index (χ1n) is 7.71. The molecule has 0 fully saturated rings. The molecule has 7 heteroatoms. The summed E-state index contributed by atoms with van der Waals surface area (Å²) in [4.78, 5) is 16.0. The average Bonchev–Trinajstić information content (AvgIpc) is 3.01. The molecule has 3 aromatic rings. The molecule has 7 nitrogen and oxygen atoms in total. The van der Waals surface area contributed by atoms with Crippen molar-refractivity contribution in [2.24, 2.45) is 0 Å². The standard InChI is InChI=1S/C18H18N4O3/c1-13-17(25-18(23)20-11-14-4-3-9-19-10-14)12-21-22(13)15-5-7-16(24-2)8-6-15/h3-10,12H,11H2,1-2H3,(H,20,23). The van der Waals surface area contributed by atoms with Crippen LogP contribution in [0.4, 0.5) is 4.79 Å². The highest BCUT2D eigenvalue weighted by atomic mass is 16.6. The fourth-order valence-corrected chi connectivity index (χ4v) is 2.29. The second kappa shape index (κ2) is 7.48. The first kappa shape index (κ1) is 16.5. The van der Waals surface area contributed by atoms with E-state index in [-0.39, 0.29) is 0 Å². The van der Waals surface area contributed by atoms with Gasteiger partial charge in [0.1, 0.15) is 5.75 Å². The molecule has 2 aromatic heterocycles. The molecule has 0 saturated carbocycles. The van der Waals surface area contributed by atoms with Crippen LogP contribution >= 0.6 is 0 Å². The highest BCUT2D eigenvalue weighted by Crippen LogP contribution is 2.22. The van der Waals surface area contributed by atoms with E-state index in [0.29, 0.717) is 12.3 Å². The summed E-state index contributed by atoms with van der Waals surface area (Å²) in [5, 5.41) is 6.96. The number of rotatable bonds is 5. The number of nitrogens with zero attached hydrogens (tertiary/aromatic N) is 3. The van der Waals surface area contributed by atoms with E-state index in [1.165, 1.54) is 6.20 Å². The lowest BCUT2D eigenvalue weighted by atomic mass is 10.3. The van der Waals surface area contributed by atoms with Crippen molar-refractivity contribution < 1.29 is 14.3 Å². The van der Waals surface area contributed by atoms with Gasteiger partial charge in [0.05, 0.1) is 24.7 Å². The van der Waals surface area contributed by atoms with E-state index in [1.54, 1.807) is 24.2 Å². The summed E-state index contributed by atoms with van der Waals surface area (Å²) >= 11 is 0. The zero-order valence-corrected chi connectivity index (χ0v) is 14.0. The van der Waals surface area contributed by atoms with Gasteiger partial charge in [-0.05, 0) is 42.8 Å². The number of pyridine rings is 1. The third-order valence-electron chi connectivity index (χ3n) is 3.64. The number of aromatic nitrogens is 3. The average molecular weight is 338 g/mol. The molecular weight excluding hydrogens is 320 g/mol. The van der Waals surface area contributed by atoms with Gasteiger partial charge in [0.25, 0.3) is 0 Å². The molecule has 0 atom stereocenters. The van der Waals surface area contributed by atoms with Crippen LogP contribution in [0.2, 0.25) is 0 Å². The maximum atomic E-state index is 12.0. The van der Waals surface area contributed by atoms with Gasteiger partial charge in [-0.3, -0.25) is 4.98 Å². The smallest absolute Gasteiger partial charge is 0.412 e. The topological polar surface area (TPSA) is 78.3 Å². The second-order valence-corrected chi connectivity index (χ2v) is 5.31. The maximum Gasteiger partial charge on any atom is 0.412 e. The molecule has 128 valence electrons. The molecule has 0 aliphatic carbocycles. The molecular formula is C18H18N4O3. The summed E-state index contributed by atoms with van der Waals surface area (Å²) < 4.78 is 12.2. The van der Waals surface area contributed by atoms with Gasteiger partial charge in [0, 0.05) is 18.9 Å². The third kappa shape index (κ3) is 3.95. The summed E-state index contributed by atoms with van der Waals surface area (Å²) in [6.45, 7) is 2.18. The normalized spacial score (nSPS) is 10.3. The first-order valence-corrected chi connectivity index (χ1v) is 7.71. The van der Waals surface area contributed by atoms with Crippen molar-refractivity contribution in [1.29, 1.82) is 0 Å². The van der Waals surface area contributed by atoms with Gasteiger partial charge in [0.2, 0.25) is 0 Å². The first-order chi connectivity index (χ1) is 12.2. The number of benzene rings is 1. The summed E-state index contributed by atoms with van der Waals surface area (Å²) in [5.41, 5.74) is 2.47. The molecule has 0 saturated heterocycles. The Morgan fingerprint density at radius 3 is 2.68 bits per heavy atom. The van der Waals surface area contributed by atoms with E-state index in [2.05, 4.69) is 15.4 Å². The number of carbonyl (C=O) groups excluding carboxylic acids is 1. The van der Waals surface area contributed by atoms with E-state index in [9.17, 15) is 4.79 Å². The summed E-state index contributed by atoms with van der Waals surface area (Å²) in [7, 11) is 1.62. The Morgan fingerprint density at radius 1 is 1.20 bits per heavy atom. The van der Waals surface area contributed by atoms with Crippen LogP contribution in [0, 0.1) is 6.92 Å². The Balaban J connectivity index is 1.65. The summed E-state index contributed by atoms with van der Waals surface area (Å²) in [6.07, 6.45) is 4.34. The minimum absolute atomic E-state index is 0.346. The molecule has 1 aromatic carbocycles. The molecule has 0 aliphatic heterocycles.